The quantitative estimate of drug-likeness (QED) is 0.880. The first-order chi connectivity index (χ1) is 8.08. The van der Waals surface area contributed by atoms with Crippen LogP contribution in [0, 0.1) is 11.6 Å². The molecule has 0 saturated carbocycles. The number of hydrogen-bond donors (Lipinski definition) is 2. The van der Waals surface area contributed by atoms with Gasteiger partial charge in [-0.3, -0.25) is 0 Å². The van der Waals surface area contributed by atoms with Gasteiger partial charge in [-0.25, -0.2) is 21.9 Å². The number of nitrogens with two attached hydrogens (primary N) is 1. The van der Waals surface area contributed by atoms with E-state index < -0.39 is 44.2 Å². The topological polar surface area (TPSA) is 72.2 Å². The normalized spacial score (nSPS) is 12.8. The summed E-state index contributed by atoms with van der Waals surface area (Å²) in [7, 11) is -4.05. The van der Waals surface area contributed by atoms with Crippen LogP contribution in [0.4, 0.5) is 8.78 Å². The molecule has 7 heteroatoms. The molecule has 0 bridgehead atoms. The van der Waals surface area contributed by atoms with E-state index in [1.54, 1.807) is 20.8 Å². The smallest absolute Gasteiger partial charge is 0.243 e. The highest BCUT2D eigenvalue weighted by atomic mass is 32.2. The summed E-state index contributed by atoms with van der Waals surface area (Å²) >= 11 is 0. The van der Waals surface area contributed by atoms with Crippen molar-refractivity contribution in [1.82, 2.24) is 4.72 Å². The summed E-state index contributed by atoms with van der Waals surface area (Å²) in [5.41, 5.74) is 4.00. The van der Waals surface area contributed by atoms with Gasteiger partial charge in [-0.2, -0.15) is 0 Å². The Balaban J connectivity index is 3.35. The van der Waals surface area contributed by atoms with Crippen molar-refractivity contribution in [3.05, 3.63) is 29.3 Å². The maximum atomic E-state index is 13.9. The van der Waals surface area contributed by atoms with Crippen LogP contribution in [-0.4, -0.2) is 14.0 Å². The second-order valence-corrected chi connectivity index (χ2v) is 6.55. The SMILES string of the molecule is CC(C)(C)NS(=O)(=O)c1ccc(F)c(CN)c1F. The van der Waals surface area contributed by atoms with Gasteiger partial charge in [-0.05, 0) is 32.9 Å². The van der Waals surface area contributed by atoms with Crippen LogP contribution in [0.15, 0.2) is 17.0 Å². The van der Waals surface area contributed by atoms with Crippen LogP contribution in [0.5, 0.6) is 0 Å². The Morgan fingerprint density at radius 1 is 1.28 bits per heavy atom. The molecule has 3 N–H and O–H groups in total. The summed E-state index contributed by atoms with van der Waals surface area (Å²) in [6.07, 6.45) is 0. The van der Waals surface area contributed by atoms with E-state index in [0.29, 0.717) is 0 Å². The highest BCUT2D eigenvalue weighted by Crippen LogP contribution is 2.21. The van der Waals surface area contributed by atoms with E-state index >= 15 is 0 Å². The van der Waals surface area contributed by atoms with Gasteiger partial charge in [-0.1, -0.05) is 0 Å². The molecule has 0 heterocycles. The van der Waals surface area contributed by atoms with Crippen LogP contribution in [0.2, 0.25) is 0 Å². The van der Waals surface area contributed by atoms with E-state index in [9.17, 15) is 17.2 Å². The summed E-state index contributed by atoms with van der Waals surface area (Å²) in [5, 5.41) is 0. The lowest BCUT2D eigenvalue weighted by atomic mass is 10.1. The monoisotopic (exact) mass is 278 g/mol. The molecule has 0 saturated heterocycles. The van der Waals surface area contributed by atoms with Crippen LogP contribution in [-0.2, 0) is 16.6 Å². The van der Waals surface area contributed by atoms with E-state index in [0.717, 1.165) is 12.1 Å². The number of sulfonamides is 1. The average Bonchev–Trinajstić information content (AvgIpc) is 2.13. The van der Waals surface area contributed by atoms with E-state index in [4.69, 9.17) is 5.73 Å². The lowest BCUT2D eigenvalue weighted by Crippen LogP contribution is -2.40. The molecule has 0 unspecified atom stereocenters. The minimum absolute atomic E-state index is 0.406. The van der Waals surface area contributed by atoms with Crippen LogP contribution in [0.1, 0.15) is 26.3 Å². The summed E-state index contributed by atoms with van der Waals surface area (Å²) in [6, 6.07) is 1.78. The van der Waals surface area contributed by atoms with E-state index in [-0.39, 0.29) is 0 Å². The lowest BCUT2D eigenvalue weighted by Gasteiger charge is -2.21. The van der Waals surface area contributed by atoms with Crippen molar-refractivity contribution in [2.45, 2.75) is 37.8 Å². The van der Waals surface area contributed by atoms with Crippen molar-refractivity contribution in [3.63, 3.8) is 0 Å². The summed E-state index contributed by atoms with van der Waals surface area (Å²) in [4.78, 5) is -0.598. The number of benzene rings is 1. The van der Waals surface area contributed by atoms with Crippen molar-refractivity contribution in [3.8, 4) is 0 Å². The maximum absolute atomic E-state index is 13.9. The fourth-order valence-corrected chi connectivity index (χ4v) is 2.95. The van der Waals surface area contributed by atoms with Crippen LogP contribution in [0.25, 0.3) is 0 Å². The molecule has 0 spiro atoms. The van der Waals surface area contributed by atoms with Gasteiger partial charge < -0.3 is 5.73 Å². The molecule has 0 aromatic heterocycles. The fraction of sp³-hybridized carbons (Fsp3) is 0.455. The summed E-state index contributed by atoms with van der Waals surface area (Å²) in [5.74, 6) is -2.00. The fourth-order valence-electron chi connectivity index (χ4n) is 1.43. The number of hydrogen-bond acceptors (Lipinski definition) is 3. The third-order valence-corrected chi connectivity index (χ3v) is 3.86. The minimum atomic E-state index is -4.05. The molecule has 0 radical (unpaired) electrons. The van der Waals surface area contributed by atoms with Crippen LogP contribution < -0.4 is 10.5 Å². The summed E-state index contributed by atoms with van der Waals surface area (Å²) in [6.45, 7) is 4.46. The van der Waals surface area contributed by atoms with E-state index in [1.165, 1.54) is 0 Å². The zero-order valence-corrected chi connectivity index (χ0v) is 11.2. The van der Waals surface area contributed by atoms with Crippen LogP contribution >= 0.6 is 0 Å². The average molecular weight is 278 g/mol. The standard InChI is InChI=1S/C11H16F2N2O2S/c1-11(2,3)15-18(16,17)9-5-4-8(12)7(6-14)10(9)13/h4-5,15H,6,14H2,1-3H3. The highest BCUT2D eigenvalue weighted by molar-refractivity contribution is 7.89. The molecule has 0 amide bonds. The van der Waals surface area contributed by atoms with Crippen molar-refractivity contribution in [2.24, 2.45) is 5.73 Å². The van der Waals surface area contributed by atoms with Gasteiger partial charge >= 0.3 is 0 Å². The Labute approximate surface area is 105 Å². The molecule has 1 aromatic rings. The number of nitrogens with one attached hydrogen (secondary N) is 1. The Morgan fingerprint density at radius 3 is 2.28 bits per heavy atom. The predicted molar refractivity (Wildman–Crippen MR) is 64.3 cm³/mol. The molecule has 0 aliphatic carbocycles. The molecule has 1 rings (SSSR count). The van der Waals surface area contributed by atoms with Gasteiger partial charge in [-0.15, -0.1) is 0 Å². The molecule has 1 aromatic carbocycles. The largest absolute Gasteiger partial charge is 0.326 e. The Kier molecular flexibility index (Phi) is 4.09. The van der Waals surface area contributed by atoms with Crippen molar-refractivity contribution < 1.29 is 17.2 Å². The van der Waals surface area contributed by atoms with Gasteiger partial charge in [0.2, 0.25) is 10.0 Å². The first-order valence-corrected chi connectivity index (χ1v) is 6.78. The molecular weight excluding hydrogens is 262 g/mol. The Bertz CT molecular complexity index is 551. The first kappa shape index (κ1) is 15.0. The third kappa shape index (κ3) is 3.24. The van der Waals surface area contributed by atoms with Crippen molar-refractivity contribution >= 4 is 10.0 Å². The Hall–Kier alpha value is -1.05. The molecular formula is C11H16F2N2O2S. The number of rotatable bonds is 3. The van der Waals surface area contributed by atoms with Gasteiger partial charge in [0.25, 0.3) is 0 Å². The zero-order valence-electron chi connectivity index (χ0n) is 10.4. The van der Waals surface area contributed by atoms with Crippen molar-refractivity contribution in [1.29, 1.82) is 0 Å². The maximum Gasteiger partial charge on any atom is 0.243 e. The van der Waals surface area contributed by atoms with Gasteiger partial charge in [0.05, 0.1) is 0 Å². The third-order valence-electron chi connectivity index (χ3n) is 2.08. The molecule has 0 aliphatic heterocycles. The second-order valence-electron chi connectivity index (χ2n) is 4.90. The summed E-state index contributed by atoms with van der Waals surface area (Å²) < 4.78 is 53.2. The van der Waals surface area contributed by atoms with Gasteiger partial charge in [0.15, 0.2) is 5.82 Å². The van der Waals surface area contributed by atoms with Crippen LogP contribution in [0.3, 0.4) is 0 Å². The zero-order chi connectivity index (χ0) is 14.1. The Morgan fingerprint density at radius 2 is 1.83 bits per heavy atom. The highest BCUT2D eigenvalue weighted by Gasteiger charge is 2.27. The molecule has 18 heavy (non-hydrogen) atoms. The van der Waals surface area contributed by atoms with Crippen molar-refractivity contribution in [2.75, 3.05) is 0 Å². The first-order valence-electron chi connectivity index (χ1n) is 5.29. The number of halogens is 2. The van der Waals surface area contributed by atoms with Gasteiger partial charge in [0, 0.05) is 17.6 Å². The lowest BCUT2D eigenvalue weighted by molar-refractivity contribution is 0.482. The molecule has 0 aliphatic rings. The van der Waals surface area contributed by atoms with E-state index in [1.807, 2.05) is 0 Å². The molecule has 102 valence electrons. The molecule has 0 atom stereocenters. The molecule has 4 nitrogen and oxygen atoms in total. The minimum Gasteiger partial charge on any atom is -0.326 e. The van der Waals surface area contributed by atoms with Gasteiger partial charge in [0.1, 0.15) is 10.7 Å². The molecule has 0 fully saturated rings. The predicted octanol–water partition coefficient (Wildman–Crippen LogP) is 1.50. The van der Waals surface area contributed by atoms with E-state index in [2.05, 4.69) is 4.72 Å². The second kappa shape index (κ2) is 4.91.